The van der Waals surface area contributed by atoms with E-state index in [1.807, 2.05) is 0 Å². The maximum Gasteiger partial charge on any atom is 0.330 e. The van der Waals surface area contributed by atoms with Crippen LogP contribution in [0.3, 0.4) is 0 Å². The zero-order valence-electron chi connectivity index (χ0n) is 7.16. The number of fused-ring (bicyclic) bond motifs is 2. The van der Waals surface area contributed by atoms with Crippen LogP contribution in [0.25, 0.3) is 0 Å². The van der Waals surface area contributed by atoms with Crippen molar-refractivity contribution in [2.45, 2.75) is 31.8 Å². The van der Waals surface area contributed by atoms with Crippen LogP contribution in [0.5, 0.6) is 0 Å². The Kier molecular flexibility index (Phi) is 1.91. The first-order valence-electron chi connectivity index (χ1n) is 4.61. The molecule has 66 valence electrons. The molecule has 3 fully saturated rings. The molecule has 3 aliphatic carbocycles. The van der Waals surface area contributed by atoms with Crippen molar-refractivity contribution in [2.75, 3.05) is 0 Å². The van der Waals surface area contributed by atoms with Gasteiger partial charge in [0.05, 0.1) is 0 Å². The quantitative estimate of drug-likeness (QED) is 0.462. The summed E-state index contributed by atoms with van der Waals surface area (Å²) in [5.41, 5.74) is 0. The van der Waals surface area contributed by atoms with Crippen LogP contribution in [-0.4, -0.2) is 12.1 Å². The molecule has 0 radical (unpaired) electrons. The predicted molar refractivity (Wildman–Crippen MR) is 45.5 cm³/mol. The fourth-order valence-corrected chi connectivity index (χ4v) is 2.41. The number of hydrogen-bond donors (Lipinski definition) is 0. The van der Waals surface area contributed by atoms with Gasteiger partial charge in [0.1, 0.15) is 6.10 Å². The first-order valence-corrected chi connectivity index (χ1v) is 4.61. The highest BCUT2D eigenvalue weighted by Crippen LogP contribution is 2.46. The lowest BCUT2D eigenvalue weighted by molar-refractivity contribution is -0.149. The van der Waals surface area contributed by atoms with Crippen LogP contribution in [0.1, 0.15) is 25.7 Å². The van der Waals surface area contributed by atoms with Gasteiger partial charge >= 0.3 is 5.97 Å². The fraction of sp³-hybridized carbons (Fsp3) is 0.700. The molecule has 0 aromatic carbocycles. The highest BCUT2D eigenvalue weighted by molar-refractivity contribution is 5.81. The molecule has 0 saturated heterocycles. The van der Waals surface area contributed by atoms with E-state index in [0.29, 0.717) is 0 Å². The summed E-state index contributed by atoms with van der Waals surface area (Å²) in [7, 11) is 0. The second-order valence-corrected chi connectivity index (χ2v) is 3.94. The predicted octanol–water partition coefficient (Wildman–Crippen LogP) is 1.90. The van der Waals surface area contributed by atoms with Crippen molar-refractivity contribution in [1.82, 2.24) is 0 Å². The van der Waals surface area contributed by atoms with Crippen molar-refractivity contribution < 1.29 is 9.53 Å². The smallest absolute Gasteiger partial charge is 0.330 e. The highest BCUT2D eigenvalue weighted by atomic mass is 16.5. The third kappa shape index (κ3) is 1.38. The number of hydrogen-bond acceptors (Lipinski definition) is 2. The zero-order chi connectivity index (χ0) is 8.55. The van der Waals surface area contributed by atoms with Gasteiger partial charge < -0.3 is 4.74 Å². The Bertz CT molecular complexity index is 194. The van der Waals surface area contributed by atoms with Gasteiger partial charge in [-0.25, -0.2) is 4.79 Å². The van der Waals surface area contributed by atoms with Crippen LogP contribution < -0.4 is 0 Å². The number of carbonyl (C=O) groups excluding carboxylic acids is 1. The highest BCUT2D eigenvalue weighted by Gasteiger charge is 2.39. The minimum Gasteiger partial charge on any atom is -0.459 e. The van der Waals surface area contributed by atoms with Crippen LogP contribution in [-0.2, 0) is 9.53 Å². The minimum atomic E-state index is -0.263. The molecule has 0 heterocycles. The van der Waals surface area contributed by atoms with E-state index in [1.54, 1.807) is 0 Å². The van der Waals surface area contributed by atoms with Gasteiger partial charge in [0.15, 0.2) is 0 Å². The fourth-order valence-electron chi connectivity index (χ4n) is 2.41. The van der Waals surface area contributed by atoms with Crippen molar-refractivity contribution in [3.8, 4) is 0 Å². The molecule has 2 bridgehead atoms. The number of esters is 1. The van der Waals surface area contributed by atoms with Crippen molar-refractivity contribution >= 4 is 5.97 Å². The van der Waals surface area contributed by atoms with Gasteiger partial charge in [-0.2, -0.15) is 0 Å². The number of carbonyl (C=O) groups is 1. The van der Waals surface area contributed by atoms with Crippen LogP contribution in [0, 0.1) is 11.8 Å². The molecule has 3 aliphatic rings. The second kappa shape index (κ2) is 2.92. The molecule has 0 spiro atoms. The lowest BCUT2D eigenvalue weighted by Gasteiger charge is -2.44. The van der Waals surface area contributed by atoms with E-state index in [9.17, 15) is 4.79 Å². The largest absolute Gasteiger partial charge is 0.459 e. The lowest BCUT2D eigenvalue weighted by atomic mass is 9.64. The van der Waals surface area contributed by atoms with Crippen molar-refractivity contribution in [3.63, 3.8) is 0 Å². The Hall–Kier alpha value is -0.790. The van der Waals surface area contributed by atoms with Crippen molar-refractivity contribution in [1.29, 1.82) is 0 Å². The van der Waals surface area contributed by atoms with E-state index in [2.05, 4.69) is 6.58 Å². The Morgan fingerprint density at radius 1 is 1.25 bits per heavy atom. The Labute approximate surface area is 72.6 Å². The van der Waals surface area contributed by atoms with Gasteiger partial charge in [0.25, 0.3) is 0 Å². The summed E-state index contributed by atoms with van der Waals surface area (Å²) < 4.78 is 5.18. The van der Waals surface area contributed by atoms with Gasteiger partial charge in [-0.15, -0.1) is 0 Å². The number of ether oxygens (including phenoxy) is 1. The Balaban J connectivity index is 1.82. The summed E-state index contributed by atoms with van der Waals surface area (Å²) in [6.07, 6.45) is 6.32. The standard InChI is InChI=1S/C10H14O2/c1-2-10(11)12-9-5-7-3-8(4-7)6-9/h2,7-9H,1,3-6H2. The molecule has 0 N–H and O–H groups in total. The summed E-state index contributed by atoms with van der Waals surface area (Å²) in [4.78, 5) is 10.9. The zero-order valence-corrected chi connectivity index (χ0v) is 7.16. The average Bonchev–Trinajstić information content (AvgIpc) is 2.03. The molecular weight excluding hydrogens is 152 g/mol. The third-order valence-electron chi connectivity index (χ3n) is 2.98. The summed E-state index contributed by atoms with van der Waals surface area (Å²) in [6.45, 7) is 3.38. The molecule has 12 heavy (non-hydrogen) atoms. The van der Waals surface area contributed by atoms with Crippen LogP contribution >= 0.6 is 0 Å². The Morgan fingerprint density at radius 3 is 2.33 bits per heavy atom. The van der Waals surface area contributed by atoms with Gasteiger partial charge in [-0.1, -0.05) is 6.58 Å². The van der Waals surface area contributed by atoms with E-state index in [-0.39, 0.29) is 12.1 Å². The molecule has 3 rings (SSSR count). The van der Waals surface area contributed by atoms with Gasteiger partial charge in [-0.3, -0.25) is 0 Å². The molecule has 0 aromatic heterocycles. The van der Waals surface area contributed by atoms with Crippen LogP contribution in [0.2, 0.25) is 0 Å². The van der Waals surface area contributed by atoms with Crippen molar-refractivity contribution in [2.24, 2.45) is 11.8 Å². The maximum absolute atomic E-state index is 10.9. The Morgan fingerprint density at radius 2 is 1.83 bits per heavy atom. The second-order valence-electron chi connectivity index (χ2n) is 3.94. The molecule has 0 aromatic rings. The molecule has 0 amide bonds. The molecule has 3 saturated carbocycles. The molecule has 0 unspecified atom stereocenters. The molecular formula is C10H14O2. The first kappa shape index (κ1) is 7.84. The van der Waals surface area contributed by atoms with Gasteiger partial charge in [0, 0.05) is 6.08 Å². The first-order chi connectivity index (χ1) is 5.78. The topological polar surface area (TPSA) is 26.3 Å². The summed E-state index contributed by atoms with van der Waals surface area (Å²) in [5.74, 6) is 1.42. The normalized spacial score (nSPS) is 38.2. The molecule has 0 aliphatic heterocycles. The van der Waals surface area contributed by atoms with E-state index >= 15 is 0 Å². The van der Waals surface area contributed by atoms with Gasteiger partial charge in [0.2, 0.25) is 0 Å². The lowest BCUT2D eigenvalue weighted by Crippen LogP contribution is -2.38. The molecule has 2 heteroatoms. The summed E-state index contributed by atoms with van der Waals surface area (Å²) in [6, 6.07) is 0. The van der Waals surface area contributed by atoms with E-state index in [1.165, 1.54) is 18.9 Å². The summed E-state index contributed by atoms with van der Waals surface area (Å²) >= 11 is 0. The van der Waals surface area contributed by atoms with E-state index in [4.69, 9.17) is 4.74 Å². The van der Waals surface area contributed by atoms with Crippen LogP contribution in [0.15, 0.2) is 12.7 Å². The monoisotopic (exact) mass is 166 g/mol. The minimum absolute atomic E-state index is 0.188. The SMILES string of the molecule is C=CC(=O)OC1CC2CC(C2)C1. The van der Waals surface area contributed by atoms with Crippen LogP contribution in [0.4, 0.5) is 0 Å². The number of rotatable bonds is 2. The molecule has 2 nitrogen and oxygen atoms in total. The van der Waals surface area contributed by atoms with Gasteiger partial charge in [-0.05, 0) is 37.5 Å². The van der Waals surface area contributed by atoms with E-state index in [0.717, 1.165) is 24.7 Å². The maximum atomic E-state index is 10.9. The summed E-state index contributed by atoms with van der Waals surface area (Å²) in [5, 5.41) is 0. The third-order valence-corrected chi connectivity index (χ3v) is 2.98. The van der Waals surface area contributed by atoms with Crippen molar-refractivity contribution in [3.05, 3.63) is 12.7 Å². The molecule has 0 atom stereocenters. The average molecular weight is 166 g/mol. The van der Waals surface area contributed by atoms with E-state index < -0.39 is 0 Å².